The number of aryl methyl sites for hydroxylation is 1. The summed E-state index contributed by atoms with van der Waals surface area (Å²) < 4.78 is 90.5. The summed E-state index contributed by atoms with van der Waals surface area (Å²) in [5.74, 6) is -0.829. The number of sulfone groups is 1. The van der Waals surface area contributed by atoms with E-state index >= 15 is 0 Å². The van der Waals surface area contributed by atoms with Crippen molar-refractivity contribution in [2.45, 2.75) is 24.1 Å². The molecular formula is C14H18O9S3. The van der Waals surface area contributed by atoms with E-state index in [9.17, 15) is 29.8 Å². The van der Waals surface area contributed by atoms with Gasteiger partial charge in [0.2, 0.25) is 0 Å². The Morgan fingerprint density at radius 3 is 2.12 bits per heavy atom. The molecule has 26 heavy (non-hydrogen) atoms. The van der Waals surface area contributed by atoms with Crippen LogP contribution in [0.5, 0.6) is 0 Å². The van der Waals surface area contributed by atoms with Gasteiger partial charge >= 0.3 is 10.4 Å². The van der Waals surface area contributed by atoms with Crippen LogP contribution in [0.3, 0.4) is 0 Å². The quantitative estimate of drug-likeness (QED) is 0.656. The van der Waals surface area contributed by atoms with Gasteiger partial charge in [0, 0.05) is 5.39 Å². The largest absolute Gasteiger partial charge is 0.397 e. The van der Waals surface area contributed by atoms with E-state index in [-0.39, 0.29) is 18.2 Å². The molecule has 0 atom stereocenters. The van der Waals surface area contributed by atoms with E-state index in [1.165, 1.54) is 12.1 Å². The van der Waals surface area contributed by atoms with Crippen molar-refractivity contribution >= 4 is 41.1 Å². The normalized spacial score (nSPS) is 12.7. The van der Waals surface area contributed by atoms with Crippen molar-refractivity contribution in [3.63, 3.8) is 0 Å². The number of fused-ring (bicyclic) bond motifs is 1. The zero-order valence-electron chi connectivity index (χ0n) is 12.8. The molecule has 0 aliphatic carbocycles. The lowest BCUT2D eigenvalue weighted by molar-refractivity contribution is 0.284. The van der Waals surface area contributed by atoms with Gasteiger partial charge in [-0.05, 0) is 24.4 Å². The lowest BCUT2D eigenvalue weighted by Gasteiger charge is -2.11. The predicted octanol–water partition coefficient (Wildman–Crippen LogP) is 1.62. The number of rotatable bonds is 6. The molecule has 2 rings (SSSR count). The Morgan fingerprint density at radius 2 is 1.58 bits per heavy atom. The van der Waals surface area contributed by atoms with Crippen molar-refractivity contribution in [1.82, 2.24) is 0 Å². The maximum atomic E-state index is 12.5. The molecule has 2 aromatic rings. The van der Waals surface area contributed by atoms with Crippen molar-refractivity contribution in [1.29, 1.82) is 0 Å². The first-order valence-corrected chi connectivity index (χ1v) is 11.1. The fourth-order valence-corrected chi connectivity index (χ4v) is 4.53. The minimum absolute atomic E-state index is 0. The molecule has 12 heteroatoms. The zero-order chi connectivity index (χ0) is 19.0. The third-order valence-corrected chi connectivity index (χ3v) is 6.27. The molecule has 0 fully saturated rings. The van der Waals surface area contributed by atoms with Crippen molar-refractivity contribution < 1.29 is 38.5 Å². The Labute approximate surface area is 152 Å². The first kappa shape index (κ1) is 22.5. The lowest BCUT2D eigenvalue weighted by Crippen LogP contribution is -2.16. The molecule has 9 nitrogen and oxygen atoms in total. The van der Waals surface area contributed by atoms with Crippen LogP contribution in [0.4, 0.5) is 0 Å². The van der Waals surface area contributed by atoms with Crippen LogP contribution >= 0.6 is 0 Å². The molecule has 146 valence electrons. The highest BCUT2D eigenvalue weighted by molar-refractivity contribution is 7.91. The van der Waals surface area contributed by atoms with Gasteiger partial charge in [-0.25, -0.2) is 12.6 Å². The SMILES string of the molecule is C.Cc1ccc2cc(S(=O)(=O)O)cc(S(=O)(=O)CCOS(=O)(=O)O)c2c1. The topological polar surface area (TPSA) is 152 Å². The monoisotopic (exact) mass is 426 g/mol. The van der Waals surface area contributed by atoms with Gasteiger partial charge in [0.25, 0.3) is 10.1 Å². The van der Waals surface area contributed by atoms with Gasteiger partial charge < -0.3 is 0 Å². The fourth-order valence-electron chi connectivity index (χ4n) is 2.18. The molecule has 0 aliphatic rings. The summed E-state index contributed by atoms with van der Waals surface area (Å²) in [6, 6.07) is 6.55. The second-order valence-electron chi connectivity index (χ2n) is 5.19. The van der Waals surface area contributed by atoms with Gasteiger partial charge in [-0.15, -0.1) is 0 Å². The minimum Gasteiger partial charge on any atom is -0.282 e. The van der Waals surface area contributed by atoms with Gasteiger partial charge in [-0.2, -0.15) is 16.8 Å². The lowest BCUT2D eigenvalue weighted by atomic mass is 10.1. The average molecular weight is 426 g/mol. The van der Waals surface area contributed by atoms with E-state index in [1.807, 2.05) is 0 Å². The number of hydrogen-bond acceptors (Lipinski definition) is 7. The molecular weight excluding hydrogens is 408 g/mol. The Bertz CT molecular complexity index is 1130. The van der Waals surface area contributed by atoms with Crippen LogP contribution in [-0.2, 0) is 34.5 Å². The van der Waals surface area contributed by atoms with Gasteiger partial charge in [0.1, 0.15) is 0 Å². The van der Waals surface area contributed by atoms with Crippen molar-refractivity contribution in [3.05, 3.63) is 35.9 Å². The van der Waals surface area contributed by atoms with E-state index in [2.05, 4.69) is 4.18 Å². The molecule has 0 radical (unpaired) electrons. The summed E-state index contributed by atoms with van der Waals surface area (Å²) in [4.78, 5) is -1.02. The second-order valence-corrected chi connectivity index (χ2v) is 9.78. The number of benzene rings is 2. The van der Waals surface area contributed by atoms with Crippen LogP contribution in [0.15, 0.2) is 40.1 Å². The van der Waals surface area contributed by atoms with E-state index < -0.39 is 52.5 Å². The molecule has 0 saturated heterocycles. The van der Waals surface area contributed by atoms with Crippen molar-refractivity contribution in [3.8, 4) is 0 Å². The van der Waals surface area contributed by atoms with Crippen LogP contribution in [-0.4, -0.2) is 46.7 Å². The molecule has 0 heterocycles. The van der Waals surface area contributed by atoms with E-state index in [4.69, 9.17) is 4.55 Å². The van der Waals surface area contributed by atoms with Crippen molar-refractivity contribution in [2.24, 2.45) is 0 Å². The molecule has 0 bridgehead atoms. The van der Waals surface area contributed by atoms with Crippen LogP contribution < -0.4 is 0 Å². The summed E-state index contributed by atoms with van der Waals surface area (Å²) in [5, 5.41) is 0.467. The first-order valence-electron chi connectivity index (χ1n) is 6.66. The molecule has 0 saturated carbocycles. The van der Waals surface area contributed by atoms with Gasteiger partial charge in [-0.1, -0.05) is 31.2 Å². The number of hydrogen-bond donors (Lipinski definition) is 2. The van der Waals surface area contributed by atoms with Crippen LogP contribution in [0.25, 0.3) is 10.8 Å². The highest BCUT2D eigenvalue weighted by Crippen LogP contribution is 2.29. The predicted molar refractivity (Wildman–Crippen MR) is 94.8 cm³/mol. The second kappa shape index (κ2) is 7.58. The molecule has 2 aromatic carbocycles. The summed E-state index contributed by atoms with van der Waals surface area (Å²) in [5.41, 5.74) is 0.706. The van der Waals surface area contributed by atoms with Crippen molar-refractivity contribution in [2.75, 3.05) is 12.4 Å². The minimum atomic E-state index is -4.81. The smallest absolute Gasteiger partial charge is 0.282 e. The molecule has 0 spiro atoms. The molecule has 0 amide bonds. The maximum absolute atomic E-state index is 12.5. The van der Waals surface area contributed by atoms with E-state index in [1.54, 1.807) is 13.0 Å². The standard InChI is InChI=1S/C13H14O9S3.CH4/c1-9-2-3-10-7-11(24(16,17)18)8-13(12(10)6-9)23(14,15)5-4-22-25(19,20)21;/h2-3,6-8H,4-5H2,1H3,(H,16,17,18)(H,19,20,21);1H4. The molecule has 0 aliphatic heterocycles. The summed E-state index contributed by atoms with van der Waals surface area (Å²) in [6.07, 6.45) is 0. The Kier molecular flexibility index (Phi) is 6.55. The van der Waals surface area contributed by atoms with Gasteiger partial charge in [0.05, 0.1) is 22.2 Å². The maximum Gasteiger partial charge on any atom is 0.397 e. The zero-order valence-corrected chi connectivity index (χ0v) is 15.2. The van der Waals surface area contributed by atoms with E-state index in [0.29, 0.717) is 5.56 Å². The van der Waals surface area contributed by atoms with Crippen LogP contribution in [0.2, 0.25) is 0 Å². The highest BCUT2D eigenvalue weighted by atomic mass is 32.3. The summed E-state index contributed by atoms with van der Waals surface area (Å²) in [6.45, 7) is 0.846. The van der Waals surface area contributed by atoms with E-state index in [0.717, 1.165) is 12.1 Å². The Hall–Kier alpha value is -1.57. The van der Waals surface area contributed by atoms with Gasteiger partial charge in [0.15, 0.2) is 9.84 Å². The summed E-state index contributed by atoms with van der Waals surface area (Å²) >= 11 is 0. The van der Waals surface area contributed by atoms with Crippen LogP contribution in [0, 0.1) is 6.92 Å². The van der Waals surface area contributed by atoms with Crippen LogP contribution in [0.1, 0.15) is 13.0 Å². The average Bonchev–Trinajstić information content (AvgIpc) is 2.43. The molecule has 0 aromatic heterocycles. The Balaban J connectivity index is 0.00000338. The molecule has 0 unspecified atom stereocenters. The first-order chi connectivity index (χ1) is 11.3. The molecule has 2 N–H and O–H groups in total. The summed E-state index contributed by atoms with van der Waals surface area (Å²) in [7, 11) is -13.7. The third kappa shape index (κ3) is 5.46. The Morgan fingerprint density at radius 1 is 0.962 bits per heavy atom. The van der Waals surface area contributed by atoms with Gasteiger partial charge in [-0.3, -0.25) is 9.11 Å². The third-order valence-electron chi connectivity index (χ3n) is 3.26. The highest BCUT2D eigenvalue weighted by Gasteiger charge is 2.23. The fraction of sp³-hybridized carbons (Fsp3) is 0.286.